The monoisotopic (exact) mass is 336 g/mol. The van der Waals surface area contributed by atoms with E-state index in [1.54, 1.807) is 78.9 Å². The fraction of sp³-hybridized carbons (Fsp3) is 0.143. The molecule has 0 fully saturated rings. The summed E-state index contributed by atoms with van der Waals surface area (Å²) in [7, 11) is 0. The van der Waals surface area contributed by atoms with E-state index in [4.69, 9.17) is 4.74 Å². The molecule has 2 aromatic carbocycles. The van der Waals surface area contributed by atoms with Gasteiger partial charge in [-0.05, 0) is 30.7 Å². The molecule has 0 heterocycles. The van der Waals surface area contributed by atoms with Crippen molar-refractivity contribution >= 4 is 11.8 Å². The summed E-state index contributed by atoms with van der Waals surface area (Å²) in [6.45, 7) is 1.82. The van der Waals surface area contributed by atoms with Crippen molar-refractivity contribution in [1.29, 1.82) is 0 Å². The number of hydrogen-bond acceptors (Lipinski definition) is 4. The number of allylic oxidation sites excluding steroid dienone is 3. The number of ketones is 1. The van der Waals surface area contributed by atoms with Gasteiger partial charge in [0.15, 0.2) is 11.9 Å². The third kappa shape index (κ3) is 5.26. The normalized spacial score (nSPS) is 13.7. The fourth-order valence-corrected chi connectivity index (χ4v) is 2.22. The van der Waals surface area contributed by atoms with Crippen LogP contribution in [0.2, 0.25) is 0 Å². The van der Waals surface area contributed by atoms with E-state index in [0.717, 1.165) is 0 Å². The van der Waals surface area contributed by atoms with Gasteiger partial charge in [0.2, 0.25) is 0 Å². The average Bonchev–Trinajstić information content (AvgIpc) is 2.67. The van der Waals surface area contributed by atoms with Crippen molar-refractivity contribution in [2.75, 3.05) is 0 Å². The van der Waals surface area contributed by atoms with Crippen molar-refractivity contribution in [1.82, 2.24) is 0 Å². The summed E-state index contributed by atoms with van der Waals surface area (Å²) in [5, 5.41) is 10.6. The molecule has 0 unspecified atom stereocenters. The van der Waals surface area contributed by atoms with E-state index in [0.29, 0.717) is 11.1 Å². The molecule has 2 aromatic rings. The molecule has 2 rings (SSSR count). The molecule has 128 valence electrons. The highest BCUT2D eigenvalue weighted by atomic mass is 16.6. The number of carbonyl (C=O) groups is 2. The van der Waals surface area contributed by atoms with Gasteiger partial charge < -0.3 is 9.84 Å². The van der Waals surface area contributed by atoms with E-state index in [2.05, 4.69) is 0 Å². The second kappa shape index (κ2) is 9.35. The van der Waals surface area contributed by atoms with Gasteiger partial charge in [-0.25, -0.2) is 4.79 Å². The number of benzene rings is 2. The van der Waals surface area contributed by atoms with Crippen LogP contribution in [0.4, 0.5) is 0 Å². The average molecular weight is 336 g/mol. The zero-order chi connectivity index (χ0) is 18.1. The van der Waals surface area contributed by atoms with Crippen LogP contribution < -0.4 is 0 Å². The van der Waals surface area contributed by atoms with Gasteiger partial charge in [0.25, 0.3) is 0 Å². The summed E-state index contributed by atoms with van der Waals surface area (Å²) in [5.74, 6) is -1.15. The molecule has 0 aliphatic heterocycles. The number of aliphatic hydroxyl groups excluding tert-OH is 1. The first-order valence-electron chi connectivity index (χ1n) is 7.95. The maximum atomic E-state index is 12.4. The SMILES string of the molecule is C/C=C/C=C\C(=O)[C@H](OC(=O)c1ccccc1)[C@H](O)c1ccccc1. The van der Waals surface area contributed by atoms with Crippen LogP contribution in [-0.4, -0.2) is 23.0 Å². The number of hydrogen-bond donors (Lipinski definition) is 1. The molecule has 4 nitrogen and oxygen atoms in total. The standard InChI is InChI=1S/C21H20O4/c1-2-3-6-15-18(22)20(19(23)16-11-7-4-8-12-16)25-21(24)17-13-9-5-10-14-17/h2-15,19-20,23H,1H3/b3-2+,15-6-/t19-,20+/m1/s1. The molecule has 0 saturated heterocycles. The topological polar surface area (TPSA) is 63.6 Å². The van der Waals surface area contributed by atoms with Crippen LogP contribution in [-0.2, 0) is 9.53 Å². The Morgan fingerprint density at radius 2 is 1.56 bits per heavy atom. The molecule has 0 aliphatic carbocycles. The van der Waals surface area contributed by atoms with Gasteiger partial charge >= 0.3 is 5.97 Å². The van der Waals surface area contributed by atoms with Crippen LogP contribution in [0.5, 0.6) is 0 Å². The lowest BCUT2D eigenvalue weighted by atomic mass is 10.0. The summed E-state index contributed by atoms with van der Waals surface area (Å²) < 4.78 is 5.33. The summed E-state index contributed by atoms with van der Waals surface area (Å²) in [6.07, 6.45) is 3.71. The Bertz CT molecular complexity index is 748. The van der Waals surface area contributed by atoms with Crippen LogP contribution >= 0.6 is 0 Å². The zero-order valence-corrected chi connectivity index (χ0v) is 13.9. The summed E-state index contributed by atoms with van der Waals surface area (Å²) in [4.78, 5) is 24.7. The van der Waals surface area contributed by atoms with Gasteiger partial charge in [0.1, 0.15) is 6.10 Å². The number of rotatable bonds is 7. The molecule has 1 N–H and O–H groups in total. The second-order valence-corrected chi connectivity index (χ2v) is 5.33. The molecule has 2 atom stereocenters. The van der Waals surface area contributed by atoms with Gasteiger partial charge in [-0.1, -0.05) is 66.8 Å². The Balaban J connectivity index is 2.25. The third-order valence-electron chi connectivity index (χ3n) is 3.52. The maximum absolute atomic E-state index is 12.4. The first-order valence-corrected chi connectivity index (χ1v) is 7.95. The molecule has 0 saturated carbocycles. The first-order chi connectivity index (χ1) is 12.1. The van der Waals surface area contributed by atoms with Gasteiger partial charge in [0.05, 0.1) is 5.56 Å². The van der Waals surface area contributed by atoms with Crippen LogP contribution in [0.15, 0.2) is 85.0 Å². The van der Waals surface area contributed by atoms with Crippen LogP contribution in [0, 0.1) is 0 Å². The number of ether oxygens (including phenoxy) is 1. The molecule has 0 aromatic heterocycles. The fourth-order valence-electron chi connectivity index (χ4n) is 2.22. The quantitative estimate of drug-likeness (QED) is 0.476. The molecular formula is C21H20O4. The maximum Gasteiger partial charge on any atom is 0.338 e. The minimum absolute atomic E-state index is 0.318. The smallest absolute Gasteiger partial charge is 0.338 e. The van der Waals surface area contributed by atoms with E-state index < -0.39 is 24.0 Å². The Morgan fingerprint density at radius 1 is 0.960 bits per heavy atom. The Hall–Kier alpha value is -2.98. The molecule has 25 heavy (non-hydrogen) atoms. The van der Waals surface area contributed by atoms with Crippen molar-refractivity contribution in [2.24, 2.45) is 0 Å². The number of esters is 1. The number of aliphatic hydroxyl groups is 1. The highest BCUT2D eigenvalue weighted by Crippen LogP contribution is 2.21. The predicted octanol–water partition coefficient (Wildman–Crippen LogP) is 3.65. The van der Waals surface area contributed by atoms with Crippen molar-refractivity contribution in [3.05, 3.63) is 96.1 Å². The van der Waals surface area contributed by atoms with E-state index in [1.807, 2.05) is 6.92 Å². The predicted molar refractivity (Wildman–Crippen MR) is 96.0 cm³/mol. The first kappa shape index (κ1) is 18.4. The molecule has 0 bridgehead atoms. The van der Waals surface area contributed by atoms with Crippen LogP contribution in [0.25, 0.3) is 0 Å². The van der Waals surface area contributed by atoms with Gasteiger partial charge in [0, 0.05) is 0 Å². The lowest BCUT2D eigenvalue weighted by Gasteiger charge is -2.21. The Morgan fingerprint density at radius 3 is 2.16 bits per heavy atom. The van der Waals surface area contributed by atoms with E-state index in [-0.39, 0.29) is 0 Å². The van der Waals surface area contributed by atoms with Crippen LogP contribution in [0.3, 0.4) is 0 Å². The largest absolute Gasteiger partial charge is 0.447 e. The van der Waals surface area contributed by atoms with Crippen molar-refractivity contribution in [3.63, 3.8) is 0 Å². The van der Waals surface area contributed by atoms with Crippen LogP contribution in [0.1, 0.15) is 28.9 Å². The molecule has 0 amide bonds. The van der Waals surface area contributed by atoms with Gasteiger partial charge in [-0.3, -0.25) is 4.79 Å². The molecule has 0 aliphatic rings. The lowest BCUT2D eigenvalue weighted by molar-refractivity contribution is -0.129. The Kier molecular flexibility index (Phi) is 6.87. The number of carbonyl (C=O) groups excluding carboxylic acids is 2. The molecule has 0 radical (unpaired) electrons. The van der Waals surface area contributed by atoms with Gasteiger partial charge in [-0.2, -0.15) is 0 Å². The van der Waals surface area contributed by atoms with Crippen molar-refractivity contribution in [2.45, 2.75) is 19.1 Å². The van der Waals surface area contributed by atoms with Gasteiger partial charge in [-0.15, -0.1) is 0 Å². The van der Waals surface area contributed by atoms with E-state index >= 15 is 0 Å². The molecule has 0 spiro atoms. The zero-order valence-electron chi connectivity index (χ0n) is 13.9. The Labute approximate surface area is 147 Å². The highest BCUT2D eigenvalue weighted by molar-refractivity contribution is 5.97. The minimum Gasteiger partial charge on any atom is -0.447 e. The van der Waals surface area contributed by atoms with E-state index in [1.165, 1.54) is 6.08 Å². The minimum atomic E-state index is -1.32. The second-order valence-electron chi connectivity index (χ2n) is 5.33. The summed E-state index contributed by atoms with van der Waals surface area (Å²) in [5.41, 5.74) is 0.819. The summed E-state index contributed by atoms with van der Waals surface area (Å²) in [6, 6.07) is 17.0. The summed E-state index contributed by atoms with van der Waals surface area (Å²) >= 11 is 0. The lowest BCUT2D eigenvalue weighted by Crippen LogP contribution is -2.32. The van der Waals surface area contributed by atoms with Crippen molar-refractivity contribution in [3.8, 4) is 0 Å². The molecular weight excluding hydrogens is 316 g/mol. The third-order valence-corrected chi connectivity index (χ3v) is 3.52. The highest BCUT2D eigenvalue weighted by Gasteiger charge is 2.30. The molecule has 4 heteroatoms. The van der Waals surface area contributed by atoms with Crippen molar-refractivity contribution < 1.29 is 19.4 Å². The van der Waals surface area contributed by atoms with E-state index in [9.17, 15) is 14.7 Å².